The Morgan fingerprint density at radius 3 is 2.34 bits per heavy atom. The van der Waals surface area contributed by atoms with Crippen LogP contribution in [0, 0.1) is 13.8 Å². The van der Waals surface area contributed by atoms with Gasteiger partial charge in [0.1, 0.15) is 11.5 Å². The van der Waals surface area contributed by atoms with Gasteiger partial charge in [0.15, 0.2) is 6.61 Å². The molecule has 3 rings (SSSR count). The van der Waals surface area contributed by atoms with Crippen LogP contribution in [0.4, 0.5) is 5.69 Å². The normalized spacial score (nSPS) is 10.5. The van der Waals surface area contributed by atoms with Gasteiger partial charge >= 0.3 is 5.97 Å². The second kappa shape index (κ2) is 8.55. The van der Waals surface area contributed by atoms with Crippen LogP contribution in [-0.2, 0) is 9.53 Å². The molecule has 1 amide bonds. The fraction of sp³-hybridized carbons (Fsp3) is 0.238. The molecule has 150 valence electrons. The maximum absolute atomic E-state index is 12.3. The minimum atomic E-state index is -0.625. The molecular formula is C21H21N3O5. The Kier molecular flexibility index (Phi) is 5.92. The number of fused-ring (bicyclic) bond motifs is 1. The molecule has 1 N–H and O–H groups in total. The highest BCUT2D eigenvalue weighted by molar-refractivity contribution is 5.97. The van der Waals surface area contributed by atoms with E-state index in [1.807, 2.05) is 13.8 Å². The van der Waals surface area contributed by atoms with Crippen molar-refractivity contribution in [2.24, 2.45) is 0 Å². The van der Waals surface area contributed by atoms with Gasteiger partial charge < -0.3 is 19.5 Å². The van der Waals surface area contributed by atoms with E-state index in [1.54, 1.807) is 36.4 Å². The van der Waals surface area contributed by atoms with Gasteiger partial charge in [0.05, 0.1) is 47.9 Å². The van der Waals surface area contributed by atoms with E-state index >= 15 is 0 Å². The molecule has 0 bridgehead atoms. The van der Waals surface area contributed by atoms with Crippen LogP contribution in [-0.4, -0.2) is 42.7 Å². The summed E-state index contributed by atoms with van der Waals surface area (Å²) in [5, 5.41) is 2.64. The standard InChI is InChI=1S/C21H21N3O5/c1-12-13(2)23-17-9-14(5-7-16(17)22-12)21(26)29-11-20(25)24-18-10-15(27-3)6-8-19(18)28-4/h5-10H,11H2,1-4H3,(H,24,25). The first-order valence-corrected chi connectivity index (χ1v) is 8.85. The highest BCUT2D eigenvalue weighted by Crippen LogP contribution is 2.28. The van der Waals surface area contributed by atoms with Crippen LogP contribution in [0.5, 0.6) is 11.5 Å². The van der Waals surface area contributed by atoms with Crippen LogP contribution < -0.4 is 14.8 Å². The first-order valence-electron chi connectivity index (χ1n) is 8.85. The minimum absolute atomic E-state index is 0.293. The van der Waals surface area contributed by atoms with Gasteiger partial charge in [0.2, 0.25) is 0 Å². The van der Waals surface area contributed by atoms with Crippen molar-refractivity contribution in [3.05, 3.63) is 53.3 Å². The fourth-order valence-electron chi connectivity index (χ4n) is 2.67. The topological polar surface area (TPSA) is 99.6 Å². The van der Waals surface area contributed by atoms with E-state index in [0.717, 1.165) is 11.4 Å². The van der Waals surface area contributed by atoms with Gasteiger partial charge in [-0.15, -0.1) is 0 Å². The number of aryl methyl sites for hydroxylation is 2. The molecule has 3 aromatic rings. The summed E-state index contributed by atoms with van der Waals surface area (Å²) in [6.45, 7) is 3.28. The largest absolute Gasteiger partial charge is 0.497 e. The first-order chi connectivity index (χ1) is 13.9. The number of esters is 1. The van der Waals surface area contributed by atoms with E-state index in [-0.39, 0.29) is 0 Å². The number of nitrogens with zero attached hydrogens (tertiary/aromatic N) is 2. The average molecular weight is 395 g/mol. The van der Waals surface area contributed by atoms with E-state index in [0.29, 0.717) is 33.8 Å². The molecule has 1 heterocycles. The lowest BCUT2D eigenvalue weighted by atomic mass is 10.2. The number of amides is 1. The predicted molar refractivity (Wildman–Crippen MR) is 107 cm³/mol. The van der Waals surface area contributed by atoms with Gasteiger partial charge in [-0.05, 0) is 44.2 Å². The number of ether oxygens (including phenoxy) is 3. The maximum Gasteiger partial charge on any atom is 0.338 e. The van der Waals surface area contributed by atoms with Crippen molar-refractivity contribution in [2.75, 3.05) is 26.1 Å². The molecule has 0 aliphatic carbocycles. The Bertz CT molecular complexity index is 1080. The summed E-state index contributed by atoms with van der Waals surface area (Å²) in [6.07, 6.45) is 0. The third-order valence-corrected chi connectivity index (χ3v) is 4.33. The second-order valence-corrected chi connectivity index (χ2v) is 6.29. The van der Waals surface area contributed by atoms with Crippen molar-refractivity contribution in [1.82, 2.24) is 9.97 Å². The zero-order valence-electron chi connectivity index (χ0n) is 16.6. The number of methoxy groups -OCH3 is 2. The van der Waals surface area contributed by atoms with Gasteiger partial charge in [-0.1, -0.05) is 0 Å². The Morgan fingerprint density at radius 2 is 1.66 bits per heavy atom. The van der Waals surface area contributed by atoms with Crippen LogP contribution in [0.25, 0.3) is 11.0 Å². The summed E-state index contributed by atoms with van der Waals surface area (Å²) in [5.41, 5.74) is 3.61. The van der Waals surface area contributed by atoms with E-state index in [2.05, 4.69) is 15.3 Å². The monoisotopic (exact) mass is 395 g/mol. The Labute approximate surface area is 167 Å². The van der Waals surface area contributed by atoms with Crippen LogP contribution in [0.15, 0.2) is 36.4 Å². The molecule has 0 saturated heterocycles. The summed E-state index contributed by atoms with van der Waals surface area (Å²) in [5.74, 6) is -0.109. The quantitative estimate of drug-likeness (QED) is 0.640. The van der Waals surface area contributed by atoms with Gasteiger partial charge in [-0.25, -0.2) is 14.8 Å². The van der Waals surface area contributed by atoms with Crippen molar-refractivity contribution in [2.45, 2.75) is 13.8 Å². The third kappa shape index (κ3) is 4.60. The number of benzene rings is 2. The van der Waals surface area contributed by atoms with Crippen molar-refractivity contribution in [1.29, 1.82) is 0 Å². The zero-order chi connectivity index (χ0) is 21.0. The number of carbonyl (C=O) groups is 2. The summed E-state index contributed by atoms with van der Waals surface area (Å²) in [4.78, 5) is 33.4. The highest BCUT2D eigenvalue weighted by Gasteiger charge is 2.14. The lowest BCUT2D eigenvalue weighted by molar-refractivity contribution is -0.119. The molecule has 0 aliphatic rings. The van der Waals surface area contributed by atoms with Crippen molar-refractivity contribution in [3.8, 4) is 11.5 Å². The summed E-state index contributed by atoms with van der Waals surface area (Å²) in [6, 6.07) is 9.88. The van der Waals surface area contributed by atoms with E-state index in [9.17, 15) is 9.59 Å². The van der Waals surface area contributed by atoms with Gasteiger partial charge in [-0.3, -0.25) is 4.79 Å². The molecule has 0 atom stereocenters. The molecule has 0 fully saturated rings. The number of nitrogens with one attached hydrogen (secondary N) is 1. The smallest absolute Gasteiger partial charge is 0.338 e. The number of aromatic nitrogens is 2. The molecule has 0 aliphatic heterocycles. The number of anilines is 1. The highest BCUT2D eigenvalue weighted by atomic mass is 16.5. The van der Waals surface area contributed by atoms with Crippen molar-refractivity contribution in [3.63, 3.8) is 0 Å². The van der Waals surface area contributed by atoms with Crippen LogP contribution in [0.3, 0.4) is 0 Å². The molecule has 8 nitrogen and oxygen atoms in total. The average Bonchev–Trinajstić information content (AvgIpc) is 2.72. The molecule has 29 heavy (non-hydrogen) atoms. The molecule has 1 aromatic heterocycles. The van der Waals surface area contributed by atoms with Crippen molar-refractivity contribution < 1.29 is 23.8 Å². The van der Waals surface area contributed by atoms with Crippen LogP contribution in [0.2, 0.25) is 0 Å². The molecule has 0 radical (unpaired) electrons. The fourth-order valence-corrected chi connectivity index (χ4v) is 2.67. The summed E-state index contributed by atoms with van der Waals surface area (Å²) < 4.78 is 15.5. The molecule has 0 spiro atoms. The summed E-state index contributed by atoms with van der Waals surface area (Å²) >= 11 is 0. The predicted octanol–water partition coefficient (Wildman–Crippen LogP) is 3.06. The molecule has 0 saturated carbocycles. The maximum atomic E-state index is 12.3. The number of hydrogen-bond acceptors (Lipinski definition) is 7. The van der Waals surface area contributed by atoms with Crippen LogP contribution in [0.1, 0.15) is 21.7 Å². The van der Waals surface area contributed by atoms with E-state index in [1.165, 1.54) is 14.2 Å². The SMILES string of the molecule is COc1ccc(OC)c(NC(=O)COC(=O)c2ccc3nc(C)c(C)nc3c2)c1. The Morgan fingerprint density at radius 1 is 0.931 bits per heavy atom. The van der Waals surface area contributed by atoms with Gasteiger partial charge in [0.25, 0.3) is 5.91 Å². The molecular weight excluding hydrogens is 374 g/mol. The molecule has 8 heteroatoms. The first kappa shape index (κ1) is 20.1. The third-order valence-electron chi connectivity index (χ3n) is 4.33. The zero-order valence-corrected chi connectivity index (χ0v) is 16.6. The summed E-state index contributed by atoms with van der Waals surface area (Å²) in [7, 11) is 3.01. The Hall–Kier alpha value is -3.68. The van der Waals surface area contributed by atoms with Crippen molar-refractivity contribution >= 4 is 28.6 Å². The minimum Gasteiger partial charge on any atom is -0.497 e. The lowest BCUT2D eigenvalue weighted by Gasteiger charge is -2.12. The number of rotatable bonds is 6. The second-order valence-electron chi connectivity index (χ2n) is 6.29. The van der Waals surface area contributed by atoms with E-state index in [4.69, 9.17) is 14.2 Å². The van der Waals surface area contributed by atoms with Crippen LogP contribution >= 0.6 is 0 Å². The molecule has 0 unspecified atom stereocenters. The number of carbonyl (C=O) groups excluding carboxylic acids is 2. The molecule has 2 aromatic carbocycles. The Balaban J connectivity index is 1.67. The van der Waals surface area contributed by atoms with Gasteiger partial charge in [-0.2, -0.15) is 0 Å². The van der Waals surface area contributed by atoms with Gasteiger partial charge in [0, 0.05) is 6.07 Å². The lowest BCUT2D eigenvalue weighted by Crippen LogP contribution is -2.21. The number of hydrogen-bond donors (Lipinski definition) is 1. The van der Waals surface area contributed by atoms with E-state index < -0.39 is 18.5 Å².